The van der Waals surface area contributed by atoms with E-state index in [4.69, 9.17) is 0 Å². The Kier molecular flexibility index (Phi) is 5.51. The maximum absolute atomic E-state index is 13.7. The number of rotatable bonds is 5. The highest BCUT2D eigenvalue weighted by molar-refractivity contribution is 9.10. The van der Waals surface area contributed by atoms with Crippen molar-refractivity contribution in [1.29, 1.82) is 0 Å². The van der Waals surface area contributed by atoms with Crippen LogP contribution in [0.15, 0.2) is 53.0 Å². The van der Waals surface area contributed by atoms with Crippen molar-refractivity contribution in [2.24, 2.45) is 0 Å². The van der Waals surface area contributed by atoms with E-state index in [0.29, 0.717) is 18.4 Å². The number of amides is 1. The van der Waals surface area contributed by atoms with E-state index in [2.05, 4.69) is 15.9 Å². The lowest BCUT2D eigenvalue weighted by molar-refractivity contribution is -0.130. The zero-order valence-corrected chi connectivity index (χ0v) is 13.4. The fourth-order valence-corrected chi connectivity index (χ4v) is 2.50. The molecule has 0 saturated carbocycles. The first-order chi connectivity index (χ1) is 10.1. The van der Waals surface area contributed by atoms with Gasteiger partial charge in [-0.05, 0) is 30.2 Å². The Morgan fingerprint density at radius 2 is 1.90 bits per heavy atom. The Balaban J connectivity index is 1.92. The summed E-state index contributed by atoms with van der Waals surface area (Å²) in [6, 6.07) is 14.6. The maximum atomic E-state index is 13.7. The quantitative estimate of drug-likeness (QED) is 0.792. The predicted octanol–water partition coefficient (Wildman–Crippen LogP) is 4.18. The van der Waals surface area contributed by atoms with Crippen LogP contribution in [-0.4, -0.2) is 17.9 Å². The number of halogens is 2. The van der Waals surface area contributed by atoms with Crippen LogP contribution in [0.2, 0.25) is 0 Å². The number of nitrogens with zero attached hydrogens (tertiary/aromatic N) is 1. The van der Waals surface area contributed by atoms with E-state index in [0.717, 1.165) is 10.0 Å². The lowest BCUT2D eigenvalue weighted by Gasteiger charge is -2.18. The highest BCUT2D eigenvalue weighted by Gasteiger charge is 2.12. The molecule has 0 heterocycles. The standard InChI is InChI=1S/C17H17BrFNO/c1-20(12-14-11-15(18)8-9-16(14)19)17(21)10-7-13-5-3-2-4-6-13/h2-6,8-9,11H,7,10,12H2,1H3. The minimum atomic E-state index is -0.291. The monoisotopic (exact) mass is 349 g/mol. The second-order valence-electron chi connectivity index (χ2n) is 4.97. The highest BCUT2D eigenvalue weighted by atomic mass is 79.9. The first-order valence-corrected chi connectivity index (χ1v) is 7.57. The molecule has 110 valence electrons. The van der Waals surface area contributed by atoms with Gasteiger partial charge in [-0.2, -0.15) is 0 Å². The Labute approximate surface area is 132 Å². The second kappa shape index (κ2) is 7.36. The van der Waals surface area contributed by atoms with Crippen LogP contribution in [0.1, 0.15) is 17.5 Å². The number of hydrogen-bond donors (Lipinski definition) is 0. The third-order valence-corrected chi connectivity index (χ3v) is 3.80. The zero-order chi connectivity index (χ0) is 15.2. The first kappa shape index (κ1) is 15.7. The van der Waals surface area contributed by atoms with Crippen LogP contribution in [0.25, 0.3) is 0 Å². The molecule has 0 unspecified atom stereocenters. The molecule has 0 bridgehead atoms. The van der Waals surface area contributed by atoms with Crippen LogP contribution in [0.5, 0.6) is 0 Å². The average molecular weight is 350 g/mol. The summed E-state index contributed by atoms with van der Waals surface area (Å²) in [5, 5.41) is 0. The highest BCUT2D eigenvalue weighted by Crippen LogP contribution is 2.17. The molecule has 0 aliphatic carbocycles. The average Bonchev–Trinajstić information content (AvgIpc) is 2.49. The number of carbonyl (C=O) groups is 1. The van der Waals surface area contributed by atoms with Gasteiger partial charge in [0.15, 0.2) is 0 Å². The maximum Gasteiger partial charge on any atom is 0.222 e. The van der Waals surface area contributed by atoms with Gasteiger partial charge in [0.1, 0.15) is 5.82 Å². The van der Waals surface area contributed by atoms with E-state index < -0.39 is 0 Å². The third-order valence-electron chi connectivity index (χ3n) is 3.31. The Bertz CT molecular complexity index is 615. The summed E-state index contributed by atoms with van der Waals surface area (Å²) >= 11 is 3.31. The summed E-state index contributed by atoms with van der Waals surface area (Å²) in [7, 11) is 1.70. The van der Waals surface area contributed by atoms with Gasteiger partial charge in [-0.15, -0.1) is 0 Å². The molecule has 0 radical (unpaired) electrons. The summed E-state index contributed by atoms with van der Waals surface area (Å²) < 4.78 is 14.5. The normalized spacial score (nSPS) is 10.4. The van der Waals surface area contributed by atoms with Crippen LogP contribution in [0, 0.1) is 5.82 Å². The lowest BCUT2D eigenvalue weighted by Crippen LogP contribution is -2.26. The first-order valence-electron chi connectivity index (χ1n) is 6.78. The minimum Gasteiger partial charge on any atom is -0.341 e. The third kappa shape index (κ3) is 4.67. The fourth-order valence-electron chi connectivity index (χ4n) is 2.09. The number of benzene rings is 2. The van der Waals surface area contributed by atoms with E-state index >= 15 is 0 Å². The summed E-state index contributed by atoms with van der Waals surface area (Å²) in [4.78, 5) is 13.7. The van der Waals surface area contributed by atoms with Crippen LogP contribution in [0.3, 0.4) is 0 Å². The summed E-state index contributed by atoms with van der Waals surface area (Å²) in [5.74, 6) is -0.279. The topological polar surface area (TPSA) is 20.3 Å². The van der Waals surface area contributed by atoms with Crippen molar-refractivity contribution in [3.63, 3.8) is 0 Å². The number of aryl methyl sites for hydroxylation is 1. The molecule has 0 N–H and O–H groups in total. The molecule has 0 aliphatic heterocycles. The van der Waals surface area contributed by atoms with Gasteiger partial charge >= 0.3 is 0 Å². The predicted molar refractivity (Wildman–Crippen MR) is 85.3 cm³/mol. The molecule has 0 atom stereocenters. The van der Waals surface area contributed by atoms with Gasteiger partial charge < -0.3 is 4.90 Å². The molecule has 1 amide bonds. The van der Waals surface area contributed by atoms with E-state index in [1.807, 2.05) is 30.3 Å². The smallest absolute Gasteiger partial charge is 0.222 e. The van der Waals surface area contributed by atoms with Crippen LogP contribution in [-0.2, 0) is 17.8 Å². The molecule has 0 fully saturated rings. The Morgan fingerprint density at radius 3 is 2.62 bits per heavy atom. The van der Waals surface area contributed by atoms with Crippen molar-refractivity contribution in [1.82, 2.24) is 4.90 Å². The molecule has 0 aliphatic rings. The van der Waals surface area contributed by atoms with Crippen LogP contribution >= 0.6 is 15.9 Å². The van der Waals surface area contributed by atoms with E-state index in [1.54, 1.807) is 24.1 Å². The van der Waals surface area contributed by atoms with Crippen molar-refractivity contribution < 1.29 is 9.18 Å². The SMILES string of the molecule is CN(Cc1cc(Br)ccc1F)C(=O)CCc1ccccc1. The van der Waals surface area contributed by atoms with Gasteiger partial charge in [0.2, 0.25) is 5.91 Å². The van der Waals surface area contributed by atoms with Crippen molar-refractivity contribution in [2.75, 3.05) is 7.05 Å². The molecule has 4 heteroatoms. The molecular formula is C17H17BrFNO. The lowest BCUT2D eigenvalue weighted by atomic mass is 10.1. The fraction of sp³-hybridized carbons (Fsp3) is 0.235. The molecule has 0 spiro atoms. The minimum absolute atomic E-state index is 0.0122. The Hall–Kier alpha value is -1.68. The molecule has 2 nitrogen and oxygen atoms in total. The summed E-state index contributed by atoms with van der Waals surface area (Å²) in [6.07, 6.45) is 1.13. The summed E-state index contributed by atoms with van der Waals surface area (Å²) in [6.45, 7) is 0.277. The second-order valence-corrected chi connectivity index (χ2v) is 5.89. The molecule has 2 rings (SSSR count). The van der Waals surface area contributed by atoms with E-state index in [9.17, 15) is 9.18 Å². The molecule has 21 heavy (non-hydrogen) atoms. The van der Waals surface area contributed by atoms with Crippen LogP contribution in [0.4, 0.5) is 4.39 Å². The van der Waals surface area contributed by atoms with Gasteiger partial charge in [-0.3, -0.25) is 4.79 Å². The Morgan fingerprint density at radius 1 is 1.19 bits per heavy atom. The van der Waals surface area contributed by atoms with Gasteiger partial charge in [-0.1, -0.05) is 46.3 Å². The molecule has 0 saturated heterocycles. The van der Waals surface area contributed by atoms with Gasteiger partial charge in [0, 0.05) is 30.0 Å². The van der Waals surface area contributed by atoms with Gasteiger partial charge in [-0.25, -0.2) is 4.39 Å². The van der Waals surface area contributed by atoms with Gasteiger partial charge in [0.05, 0.1) is 0 Å². The zero-order valence-electron chi connectivity index (χ0n) is 11.9. The van der Waals surface area contributed by atoms with Crippen LogP contribution < -0.4 is 0 Å². The molecule has 2 aromatic carbocycles. The van der Waals surface area contributed by atoms with Crippen molar-refractivity contribution >= 4 is 21.8 Å². The molecular weight excluding hydrogens is 333 g/mol. The molecule has 0 aromatic heterocycles. The number of carbonyl (C=O) groups excluding carboxylic acids is 1. The van der Waals surface area contributed by atoms with Crippen molar-refractivity contribution in [2.45, 2.75) is 19.4 Å². The number of hydrogen-bond acceptors (Lipinski definition) is 1. The van der Waals surface area contributed by atoms with E-state index in [-0.39, 0.29) is 18.3 Å². The van der Waals surface area contributed by atoms with Crippen molar-refractivity contribution in [3.05, 3.63) is 69.9 Å². The van der Waals surface area contributed by atoms with E-state index in [1.165, 1.54) is 6.07 Å². The van der Waals surface area contributed by atoms with Gasteiger partial charge in [0.25, 0.3) is 0 Å². The van der Waals surface area contributed by atoms with Crippen molar-refractivity contribution in [3.8, 4) is 0 Å². The molecule has 2 aromatic rings. The summed E-state index contributed by atoms with van der Waals surface area (Å²) in [5.41, 5.74) is 1.65. The largest absolute Gasteiger partial charge is 0.341 e.